The van der Waals surface area contributed by atoms with Crippen molar-refractivity contribution in [2.24, 2.45) is 0 Å². The van der Waals surface area contributed by atoms with Crippen LogP contribution in [0.15, 0.2) is 5.57 Å². The highest BCUT2D eigenvalue weighted by Crippen LogP contribution is 2.68. The summed E-state index contributed by atoms with van der Waals surface area (Å²) in [4.78, 5) is 0. The Labute approximate surface area is 86.9 Å². The van der Waals surface area contributed by atoms with Crippen molar-refractivity contribution in [3.05, 3.63) is 12.2 Å². The molecule has 0 aliphatic heterocycles. The minimum atomic E-state index is -6.97. The van der Waals surface area contributed by atoms with Gasteiger partial charge in [0.1, 0.15) is 0 Å². The van der Waals surface area contributed by atoms with Crippen LogP contribution in [0, 0.1) is 6.58 Å². The van der Waals surface area contributed by atoms with Crippen LogP contribution in [-0.4, -0.2) is 29.6 Å². The largest absolute Gasteiger partial charge is 0.435 e. The van der Waals surface area contributed by atoms with Crippen LogP contribution in [-0.2, 0) is 0 Å². The fraction of sp³-hybridized carbons (Fsp3) is 0.714. The van der Waals surface area contributed by atoms with E-state index in [1.807, 2.05) is 0 Å². The van der Waals surface area contributed by atoms with Crippen LogP contribution in [0.2, 0.25) is 0 Å². The topological polar surface area (TPSA) is 0 Å². The van der Waals surface area contributed by atoms with E-state index in [2.05, 4.69) is 0 Å². The normalized spacial score (nSPS) is 35.1. The monoisotopic (exact) mass is 274 g/mol. The molecule has 0 heterocycles. The summed E-state index contributed by atoms with van der Waals surface area (Å²) >= 11 is 0. The maximum atomic E-state index is 12.9. The number of hydrogen-bond acceptors (Lipinski definition) is 0. The molecule has 0 spiro atoms. The molecule has 0 bridgehead atoms. The molecule has 2 radical (unpaired) electrons. The first kappa shape index (κ1) is 14.1. The third-order valence-electron chi connectivity index (χ3n) is 2.28. The van der Waals surface area contributed by atoms with Crippen molar-refractivity contribution >= 4 is 0 Å². The molecule has 0 aromatic heterocycles. The van der Waals surface area contributed by atoms with Gasteiger partial charge < -0.3 is 0 Å². The van der Waals surface area contributed by atoms with E-state index < -0.39 is 35.2 Å². The number of rotatable bonds is 0. The number of allylic oxidation sites excluding steroid dienone is 1. The Morgan fingerprint density at radius 1 is 0.765 bits per heavy atom. The smallest absolute Gasteiger partial charge is 0.219 e. The lowest BCUT2D eigenvalue weighted by molar-refractivity contribution is -0.357. The average molecular weight is 274 g/mol. The van der Waals surface area contributed by atoms with E-state index in [9.17, 15) is 43.9 Å². The van der Waals surface area contributed by atoms with Gasteiger partial charge in [-0.2, -0.15) is 39.5 Å². The van der Waals surface area contributed by atoms with Gasteiger partial charge in [-0.15, -0.1) is 0 Å². The van der Waals surface area contributed by atoms with Crippen LogP contribution in [0.25, 0.3) is 0 Å². The lowest BCUT2D eigenvalue weighted by Gasteiger charge is -2.32. The SMILES string of the molecule is [C]=C1C(F)(F)C(F)(F)C(F)(C(F)(F)F)C1(F)F. The van der Waals surface area contributed by atoms with Crippen molar-refractivity contribution in [2.75, 3.05) is 0 Å². The Bertz CT molecular complexity index is 363. The molecule has 0 aromatic rings. The summed E-state index contributed by atoms with van der Waals surface area (Å²) in [7, 11) is 0. The van der Waals surface area contributed by atoms with Crippen LogP contribution in [0.4, 0.5) is 43.9 Å². The van der Waals surface area contributed by atoms with Crippen molar-refractivity contribution in [3.63, 3.8) is 0 Å². The summed E-state index contributed by atoms with van der Waals surface area (Å²) in [5, 5.41) is 0. The van der Waals surface area contributed by atoms with Gasteiger partial charge in [0, 0.05) is 6.58 Å². The van der Waals surface area contributed by atoms with Crippen LogP contribution in [0.3, 0.4) is 0 Å². The van der Waals surface area contributed by atoms with Crippen molar-refractivity contribution in [1.82, 2.24) is 0 Å². The van der Waals surface area contributed by atoms with E-state index in [1.165, 1.54) is 0 Å². The summed E-state index contributed by atoms with van der Waals surface area (Å²) in [5.41, 5.74) is -10.4. The molecule has 10 heteroatoms. The van der Waals surface area contributed by atoms with Crippen LogP contribution in [0.1, 0.15) is 0 Å². The molecule has 1 rings (SSSR count). The Morgan fingerprint density at radius 3 is 1.24 bits per heavy atom. The highest BCUT2D eigenvalue weighted by atomic mass is 19.4. The number of hydrogen-bond donors (Lipinski definition) is 0. The Morgan fingerprint density at radius 2 is 1.12 bits per heavy atom. The highest BCUT2D eigenvalue weighted by molar-refractivity contribution is 5.39. The predicted octanol–water partition coefficient (Wildman–Crippen LogP) is 3.41. The molecular formula is C7F10. The highest BCUT2D eigenvalue weighted by Gasteiger charge is 2.96. The lowest BCUT2D eigenvalue weighted by Crippen LogP contribution is -2.63. The summed E-state index contributed by atoms with van der Waals surface area (Å²) in [6.07, 6.45) is -6.97. The molecule has 0 N–H and O–H groups in total. The van der Waals surface area contributed by atoms with Crippen molar-refractivity contribution in [3.8, 4) is 0 Å². The molecule has 0 aromatic carbocycles. The van der Waals surface area contributed by atoms with Gasteiger partial charge in [0.2, 0.25) is 0 Å². The van der Waals surface area contributed by atoms with Crippen molar-refractivity contribution in [2.45, 2.75) is 29.6 Å². The van der Waals surface area contributed by atoms with Gasteiger partial charge in [-0.3, -0.25) is 0 Å². The molecular weight excluding hydrogens is 274 g/mol. The van der Waals surface area contributed by atoms with Gasteiger partial charge in [-0.1, -0.05) is 0 Å². The summed E-state index contributed by atoms with van der Waals surface area (Å²) < 4.78 is 124. The van der Waals surface area contributed by atoms with Gasteiger partial charge >= 0.3 is 29.6 Å². The lowest BCUT2D eigenvalue weighted by atomic mass is 9.96. The predicted molar refractivity (Wildman–Crippen MR) is 31.5 cm³/mol. The molecule has 1 unspecified atom stereocenters. The number of alkyl halides is 10. The quantitative estimate of drug-likeness (QED) is 0.594. The van der Waals surface area contributed by atoms with Crippen LogP contribution in [0.5, 0.6) is 0 Å². The van der Waals surface area contributed by atoms with E-state index >= 15 is 0 Å². The molecule has 17 heavy (non-hydrogen) atoms. The van der Waals surface area contributed by atoms with Gasteiger partial charge in [0.05, 0.1) is 5.57 Å². The molecule has 1 aliphatic rings. The summed E-state index contributed by atoms with van der Waals surface area (Å²) in [6, 6.07) is 0. The maximum Gasteiger partial charge on any atom is 0.435 e. The van der Waals surface area contributed by atoms with E-state index in [0.717, 1.165) is 0 Å². The zero-order valence-electron chi connectivity index (χ0n) is 7.28. The first-order chi connectivity index (χ1) is 7.15. The van der Waals surface area contributed by atoms with Crippen molar-refractivity contribution < 1.29 is 43.9 Å². The maximum absolute atomic E-state index is 12.9. The van der Waals surface area contributed by atoms with Crippen LogP contribution < -0.4 is 0 Å². The Balaban J connectivity index is 3.67. The average Bonchev–Trinajstić information content (AvgIpc) is 2.17. The molecule has 1 saturated carbocycles. The number of halogens is 10. The standard InChI is InChI=1S/C7F10/c1-2-3(8,9)5(12,7(15,16)17)6(13,14)4(2,10)11. The van der Waals surface area contributed by atoms with E-state index in [1.54, 1.807) is 0 Å². The molecule has 0 amide bonds. The van der Waals surface area contributed by atoms with E-state index in [-0.39, 0.29) is 0 Å². The van der Waals surface area contributed by atoms with Gasteiger partial charge in [0.25, 0.3) is 0 Å². The third-order valence-corrected chi connectivity index (χ3v) is 2.28. The second kappa shape index (κ2) is 2.89. The molecule has 98 valence electrons. The zero-order chi connectivity index (χ0) is 14.1. The molecule has 1 fully saturated rings. The summed E-state index contributed by atoms with van der Waals surface area (Å²) in [5.74, 6) is -19.3. The third kappa shape index (κ3) is 1.16. The minimum Gasteiger partial charge on any atom is -0.219 e. The first-order valence-corrected chi connectivity index (χ1v) is 3.64. The molecule has 0 saturated heterocycles. The van der Waals surface area contributed by atoms with E-state index in [0.29, 0.717) is 0 Å². The van der Waals surface area contributed by atoms with Gasteiger partial charge in [0.15, 0.2) is 0 Å². The molecule has 1 atom stereocenters. The molecule has 0 nitrogen and oxygen atoms in total. The second-order valence-electron chi connectivity index (χ2n) is 3.25. The first-order valence-electron chi connectivity index (χ1n) is 3.64. The van der Waals surface area contributed by atoms with E-state index in [4.69, 9.17) is 6.58 Å². The Kier molecular flexibility index (Phi) is 2.40. The zero-order valence-corrected chi connectivity index (χ0v) is 7.28. The second-order valence-corrected chi connectivity index (χ2v) is 3.25. The fourth-order valence-corrected chi connectivity index (χ4v) is 1.30. The fourth-order valence-electron chi connectivity index (χ4n) is 1.30. The minimum absolute atomic E-state index is 3.60. The van der Waals surface area contributed by atoms with Gasteiger partial charge in [-0.25, -0.2) is 4.39 Å². The summed E-state index contributed by atoms with van der Waals surface area (Å²) in [6.45, 7) is 5.93. The van der Waals surface area contributed by atoms with Crippen molar-refractivity contribution in [1.29, 1.82) is 0 Å². The van der Waals surface area contributed by atoms with Crippen LogP contribution >= 0.6 is 0 Å². The Hall–Kier alpha value is -0.960. The molecule has 1 aliphatic carbocycles. The van der Waals surface area contributed by atoms with Gasteiger partial charge in [-0.05, 0) is 0 Å².